The van der Waals surface area contributed by atoms with E-state index in [0.29, 0.717) is 0 Å². The van der Waals surface area contributed by atoms with Crippen LogP contribution in [0.5, 0.6) is 0 Å². The molecule has 0 aromatic carbocycles. The van der Waals surface area contributed by atoms with Crippen LogP contribution >= 0.6 is 0 Å². The molecule has 0 bridgehead atoms. The van der Waals surface area contributed by atoms with E-state index in [-0.39, 0.29) is 0 Å². The predicted molar refractivity (Wildman–Crippen MR) is 59.7 cm³/mol. The van der Waals surface area contributed by atoms with Crippen LogP contribution in [-0.2, 0) is 0 Å². The zero-order valence-electron chi connectivity index (χ0n) is 8.33. The minimum Gasteiger partial charge on any atom is -0.257 e. The monoisotopic (exact) mass is 183 g/mol. The van der Waals surface area contributed by atoms with Gasteiger partial charge in [0.15, 0.2) is 0 Å². The Hall–Kier alpha value is -1.63. The van der Waals surface area contributed by atoms with Gasteiger partial charge in [-0.1, -0.05) is 24.8 Å². The van der Waals surface area contributed by atoms with Crippen LogP contribution in [0.3, 0.4) is 0 Å². The molecular formula is C13H13N. The molecule has 0 N–H and O–H groups in total. The molecule has 0 unspecified atom stereocenters. The topological polar surface area (TPSA) is 12.9 Å². The molecule has 1 nitrogen and oxygen atoms in total. The highest BCUT2D eigenvalue weighted by atomic mass is 14.7. The Labute approximate surface area is 84.5 Å². The summed E-state index contributed by atoms with van der Waals surface area (Å²) in [6.45, 7) is 5.93. The number of nitrogens with zero attached hydrogens (tertiary/aromatic N) is 1. The number of pyridine rings is 1. The normalized spacial score (nSPS) is 15.6. The van der Waals surface area contributed by atoms with Crippen molar-refractivity contribution in [1.29, 1.82) is 0 Å². The lowest BCUT2D eigenvalue weighted by molar-refractivity contribution is 1.22. The van der Waals surface area contributed by atoms with Crippen molar-refractivity contribution < 1.29 is 0 Å². The highest BCUT2D eigenvalue weighted by Crippen LogP contribution is 2.31. The van der Waals surface area contributed by atoms with E-state index in [2.05, 4.69) is 24.6 Å². The SMILES string of the molecule is C=CC1=C(C)C=C(c2ccccn2)C1. The van der Waals surface area contributed by atoms with E-state index < -0.39 is 0 Å². The van der Waals surface area contributed by atoms with Gasteiger partial charge in [-0.25, -0.2) is 0 Å². The predicted octanol–water partition coefficient (Wildman–Crippen LogP) is 3.37. The zero-order valence-corrected chi connectivity index (χ0v) is 8.33. The Balaban J connectivity index is 2.28. The van der Waals surface area contributed by atoms with Crippen molar-refractivity contribution in [1.82, 2.24) is 4.98 Å². The van der Waals surface area contributed by atoms with Crippen LogP contribution in [0.2, 0.25) is 0 Å². The van der Waals surface area contributed by atoms with Gasteiger partial charge in [0.05, 0.1) is 5.69 Å². The Morgan fingerprint density at radius 1 is 1.43 bits per heavy atom. The van der Waals surface area contributed by atoms with Gasteiger partial charge in [-0.2, -0.15) is 0 Å². The summed E-state index contributed by atoms with van der Waals surface area (Å²) in [7, 11) is 0. The summed E-state index contributed by atoms with van der Waals surface area (Å²) in [5.41, 5.74) is 4.98. The van der Waals surface area contributed by atoms with E-state index in [1.54, 1.807) is 0 Å². The van der Waals surface area contributed by atoms with Crippen molar-refractivity contribution in [2.45, 2.75) is 13.3 Å². The fourth-order valence-electron chi connectivity index (χ4n) is 1.70. The largest absolute Gasteiger partial charge is 0.257 e. The number of allylic oxidation sites excluding steroid dienone is 5. The van der Waals surface area contributed by atoms with E-state index in [9.17, 15) is 0 Å². The van der Waals surface area contributed by atoms with E-state index in [0.717, 1.165) is 12.1 Å². The number of aromatic nitrogens is 1. The minimum atomic E-state index is 0.965. The molecule has 1 aliphatic carbocycles. The molecule has 1 heterocycles. The number of hydrogen-bond acceptors (Lipinski definition) is 1. The first-order valence-electron chi connectivity index (χ1n) is 4.75. The second-order valence-corrected chi connectivity index (χ2v) is 3.47. The van der Waals surface area contributed by atoms with Gasteiger partial charge in [-0.3, -0.25) is 4.98 Å². The number of rotatable bonds is 2. The van der Waals surface area contributed by atoms with Crippen LogP contribution in [-0.4, -0.2) is 4.98 Å². The third kappa shape index (κ3) is 1.53. The average Bonchev–Trinajstić information content (AvgIpc) is 2.61. The fraction of sp³-hybridized carbons (Fsp3) is 0.154. The maximum atomic E-state index is 4.33. The summed E-state index contributed by atoms with van der Waals surface area (Å²) in [5.74, 6) is 0. The van der Waals surface area contributed by atoms with E-state index in [1.807, 2.05) is 30.5 Å². The molecule has 0 saturated heterocycles. The second kappa shape index (κ2) is 3.62. The second-order valence-electron chi connectivity index (χ2n) is 3.47. The summed E-state index contributed by atoms with van der Waals surface area (Å²) in [6.07, 6.45) is 6.92. The fourth-order valence-corrected chi connectivity index (χ4v) is 1.70. The summed E-state index contributed by atoms with van der Waals surface area (Å²) < 4.78 is 0. The van der Waals surface area contributed by atoms with Crippen molar-refractivity contribution in [2.75, 3.05) is 0 Å². The first-order chi connectivity index (χ1) is 6.81. The van der Waals surface area contributed by atoms with Crippen LogP contribution in [0.15, 0.2) is 54.3 Å². The standard InChI is InChI=1S/C13H13N/c1-3-11-9-12(8-10(11)2)13-6-4-5-7-14-13/h3-8H,1,9H2,2H3. The summed E-state index contributed by atoms with van der Waals surface area (Å²) >= 11 is 0. The van der Waals surface area contributed by atoms with Gasteiger partial charge in [0.2, 0.25) is 0 Å². The molecule has 1 aliphatic rings. The van der Waals surface area contributed by atoms with Crippen LogP contribution in [0.25, 0.3) is 5.57 Å². The Kier molecular flexibility index (Phi) is 2.32. The molecular weight excluding hydrogens is 170 g/mol. The quantitative estimate of drug-likeness (QED) is 0.685. The maximum absolute atomic E-state index is 4.33. The molecule has 0 spiro atoms. The molecule has 0 radical (unpaired) electrons. The lowest BCUT2D eigenvalue weighted by atomic mass is 10.1. The van der Waals surface area contributed by atoms with Crippen molar-refractivity contribution in [3.63, 3.8) is 0 Å². The Morgan fingerprint density at radius 3 is 2.86 bits per heavy atom. The smallest absolute Gasteiger partial charge is 0.0665 e. The maximum Gasteiger partial charge on any atom is 0.0665 e. The van der Waals surface area contributed by atoms with Crippen molar-refractivity contribution in [2.24, 2.45) is 0 Å². The van der Waals surface area contributed by atoms with Gasteiger partial charge >= 0.3 is 0 Å². The van der Waals surface area contributed by atoms with E-state index in [4.69, 9.17) is 0 Å². The average molecular weight is 183 g/mol. The molecule has 1 heteroatoms. The summed E-state index contributed by atoms with van der Waals surface area (Å²) in [5, 5.41) is 0. The summed E-state index contributed by atoms with van der Waals surface area (Å²) in [4.78, 5) is 4.33. The van der Waals surface area contributed by atoms with E-state index in [1.165, 1.54) is 16.7 Å². The molecule has 0 fully saturated rings. The van der Waals surface area contributed by atoms with Crippen LogP contribution < -0.4 is 0 Å². The summed E-state index contributed by atoms with van der Waals surface area (Å²) in [6, 6.07) is 6.00. The third-order valence-electron chi connectivity index (χ3n) is 2.52. The van der Waals surface area contributed by atoms with Gasteiger partial charge in [-0.05, 0) is 42.2 Å². The van der Waals surface area contributed by atoms with Gasteiger partial charge in [0.25, 0.3) is 0 Å². The Bertz CT molecular complexity index is 410. The van der Waals surface area contributed by atoms with Gasteiger partial charge in [-0.15, -0.1) is 0 Å². The molecule has 0 amide bonds. The van der Waals surface area contributed by atoms with Crippen molar-refractivity contribution >= 4 is 5.57 Å². The molecule has 0 atom stereocenters. The van der Waals surface area contributed by atoms with Gasteiger partial charge < -0.3 is 0 Å². The molecule has 0 aliphatic heterocycles. The first kappa shape index (κ1) is 8.95. The van der Waals surface area contributed by atoms with Crippen molar-refractivity contribution in [3.8, 4) is 0 Å². The van der Waals surface area contributed by atoms with E-state index >= 15 is 0 Å². The molecule has 1 aromatic rings. The lowest BCUT2D eigenvalue weighted by Gasteiger charge is -2.00. The molecule has 70 valence electrons. The first-order valence-corrected chi connectivity index (χ1v) is 4.75. The van der Waals surface area contributed by atoms with Gasteiger partial charge in [0.1, 0.15) is 0 Å². The van der Waals surface area contributed by atoms with Crippen molar-refractivity contribution in [3.05, 3.63) is 60.0 Å². The lowest BCUT2D eigenvalue weighted by Crippen LogP contribution is -1.85. The van der Waals surface area contributed by atoms with Crippen LogP contribution in [0.4, 0.5) is 0 Å². The van der Waals surface area contributed by atoms with Gasteiger partial charge in [0, 0.05) is 6.20 Å². The number of hydrogen-bond donors (Lipinski definition) is 0. The molecule has 1 aromatic heterocycles. The third-order valence-corrected chi connectivity index (χ3v) is 2.52. The minimum absolute atomic E-state index is 0.965. The van der Waals surface area contributed by atoms with Crippen LogP contribution in [0.1, 0.15) is 19.0 Å². The molecule has 0 saturated carbocycles. The highest BCUT2D eigenvalue weighted by molar-refractivity contribution is 5.73. The Morgan fingerprint density at radius 2 is 2.29 bits per heavy atom. The molecule has 2 rings (SSSR count). The zero-order chi connectivity index (χ0) is 9.97. The molecule has 14 heavy (non-hydrogen) atoms. The van der Waals surface area contributed by atoms with Crippen LogP contribution in [0, 0.1) is 0 Å². The highest BCUT2D eigenvalue weighted by Gasteiger charge is 2.12.